The van der Waals surface area contributed by atoms with Crippen LogP contribution in [0.15, 0.2) is 97.1 Å². The molecule has 1 aliphatic heterocycles. The maximum absolute atomic E-state index is 9.00. The molecule has 0 bridgehead atoms. The van der Waals surface area contributed by atoms with Crippen molar-refractivity contribution in [3.8, 4) is 17.2 Å². The third-order valence-electron chi connectivity index (χ3n) is 5.76. The number of fused-ring (bicyclic) bond motifs is 2. The predicted octanol–water partition coefficient (Wildman–Crippen LogP) is 7.16. The molecule has 138 valence electrons. The summed E-state index contributed by atoms with van der Waals surface area (Å²) >= 11 is 0. The van der Waals surface area contributed by atoms with Gasteiger partial charge in [0.05, 0.1) is 11.6 Å². The molecule has 29 heavy (non-hydrogen) atoms. The number of benzene rings is 4. The summed E-state index contributed by atoms with van der Waals surface area (Å²) in [5.41, 5.74) is 9.27. The van der Waals surface area contributed by atoms with Gasteiger partial charge in [-0.25, -0.2) is 0 Å². The second-order valence-electron chi connectivity index (χ2n) is 7.41. The van der Waals surface area contributed by atoms with Gasteiger partial charge in [0, 0.05) is 23.0 Å². The summed E-state index contributed by atoms with van der Waals surface area (Å²) in [6.07, 6.45) is 0. The second-order valence-corrected chi connectivity index (χ2v) is 7.41. The van der Waals surface area contributed by atoms with Crippen molar-refractivity contribution in [2.45, 2.75) is 12.8 Å². The molecule has 0 fully saturated rings. The molecule has 0 saturated heterocycles. The van der Waals surface area contributed by atoms with Crippen molar-refractivity contribution in [3.63, 3.8) is 0 Å². The van der Waals surface area contributed by atoms with E-state index in [4.69, 9.17) is 5.26 Å². The van der Waals surface area contributed by atoms with Gasteiger partial charge in [-0.15, -0.1) is 0 Å². The first kappa shape index (κ1) is 17.3. The number of nitriles is 1. The van der Waals surface area contributed by atoms with Crippen LogP contribution >= 0.6 is 0 Å². The second kappa shape index (κ2) is 6.96. The van der Waals surface area contributed by atoms with Crippen LogP contribution in [-0.4, -0.2) is 0 Å². The minimum absolute atomic E-state index is 0.372. The summed E-state index contributed by atoms with van der Waals surface area (Å²) in [4.78, 5) is 2.35. The Hall–Kier alpha value is -3.83. The van der Waals surface area contributed by atoms with Crippen LogP contribution in [0.4, 0.5) is 17.1 Å². The van der Waals surface area contributed by atoms with E-state index in [0.29, 0.717) is 11.5 Å². The van der Waals surface area contributed by atoms with Crippen molar-refractivity contribution < 1.29 is 0 Å². The molecule has 4 aromatic rings. The van der Waals surface area contributed by atoms with E-state index in [1.165, 1.54) is 22.5 Å². The van der Waals surface area contributed by atoms with E-state index < -0.39 is 0 Å². The Morgan fingerprint density at radius 1 is 0.655 bits per heavy atom. The van der Waals surface area contributed by atoms with E-state index in [0.717, 1.165) is 16.8 Å². The lowest BCUT2D eigenvalue weighted by molar-refractivity contribution is 0.892. The fourth-order valence-electron chi connectivity index (χ4n) is 4.23. The van der Waals surface area contributed by atoms with Gasteiger partial charge in [0.15, 0.2) is 0 Å². The zero-order valence-electron chi connectivity index (χ0n) is 16.2. The first-order valence-electron chi connectivity index (χ1n) is 9.85. The molecule has 2 heteroatoms. The van der Waals surface area contributed by atoms with E-state index >= 15 is 0 Å². The van der Waals surface area contributed by atoms with Crippen molar-refractivity contribution in [2.24, 2.45) is 0 Å². The summed E-state index contributed by atoms with van der Waals surface area (Å²) in [6.45, 7) is 2.28. The SMILES string of the molecule is CC1c2ccccc2N(c2ccc(-c3ccc(C#N)cc3)cc2)c2ccccc21. The van der Waals surface area contributed by atoms with E-state index in [1.807, 2.05) is 24.3 Å². The van der Waals surface area contributed by atoms with E-state index in [2.05, 4.69) is 90.7 Å². The first-order chi connectivity index (χ1) is 14.3. The van der Waals surface area contributed by atoms with Crippen molar-refractivity contribution in [1.82, 2.24) is 0 Å². The molecule has 0 amide bonds. The largest absolute Gasteiger partial charge is 0.310 e. The van der Waals surface area contributed by atoms with Crippen molar-refractivity contribution in [1.29, 1.82) is 5.26 Å². The summed E-state index contributed by atoms with van der Waals surface area (Å²) in [5, 5.41) is 9.00. The molecule has 1 heterocycles. The Balaban J connectivity index is 1.59. The number of hydrogen-bond acceptors (Lipinski definition) is 2. The Labute approximate surface area is 171 Å². The Bertz CT molecular complexity index is 1170. The topological polar surface area (TPSA) is 27.0 Å². The minimum Gasteiger partial charge on any atom is -0.310 e. The average molecular weight is 372 g/mol. The van der Waals surface area contributed by atoms with Crippen LogP contribution in [0.3, 0.4) is 0 Å². The van der Waals surface area contributed by atoms with E-state index in [-0.39, 0.29) is 0 Å². The Kier molecular flexibility index (Phi) is 4.15. The van der Waals surface area contributed by atoms with Gasteiger partial charge in [-0.2, -0.15) is 5.26 Å². The van der Waals surface area contributed by atoms with Crippen LogP contribution in [0.1, 0.15) is 29.5 Å². The standard InChI is InChI=1S/C27H20N2/c1-19-24-6-2-4-8-26(24)29(27-9-5-3-7-25(19)27)23-16-14-22(15-17-23)21-12-10-20(18-28)11-13-21/h2-17,19H,1H3. The number of nitrogens with zero attached hydrogens (tertiary/aromatic N) is 2. The maximum atomic E-state index is 9.00. The quantitative estimate of drug-likeness (QED) is 0.373. The molecule has 4 aromatic carbocycles. The zero-order chi connectivity index (χ0) is 19.8. The molecule has 1 aliphatic rings. The van der Waals surface area contributed by atoms with E-state index in [9.17, 15) is 0 Å². The fraction of sp³-hybridized carbons (Fsp3) is 0.0741. The highest BCUT2D eigenvalue weighted by Crippen LogP contribution is 2.48. The van der Waals surface area contributed by atoms with Crippen molar-refractivity contribution in [2.75, 3.05) is 4.90 Å². The Morgan fingerprint density at radius 3 is 1.66 bits per heavy atom. The van der Waals surface area contributed by atoms with Crippen LogP contribution in [-0.2, 0) is 0 Å². The zero-order valence-corrected chi connectivity index (χ0v) is 16.2. The van der Waals surface area contributed by atoms with Crippen LogP contribution in [0.25, 0.3) is 11.1 Å². The third kappa shape index (κ3) is 2.88. The van der Waals surface area contributed by atoms with Gasteiger partial charge in [-0.05, 0) is 58.7 Å². The van der Waals surface area contributed by atoms with Gasteiger partial charge in [0.1, 0.15) is 0 Å². The summed E-state index contributed by atoms with van der Waals surface area (Å²) in [6, 6.07) is 35.9. The highest BCUT2D eigenvalue weighted by molar-refractivity contribution is 5.85. The van der Waals surface area contributed by atoms with Gasteiger partial charge in [-0.3, -0.25) is 0 Å². The lowest BCUT2D eigenvalue weighted by Gasteiger charge is -2.36. The molecule has 5 rings (SSSR count). The monoisotopic (exact) mass is 372 g/mol. The minimum atomic E-state index is 0.372. The van der Waals surface area contributed by atoms with Crippen LogP contribution < -0.4 is 4.90 Å². The lowest BCUT2D eigenvalue weighted by Crippen LogP contribution is -2.20. The first-order valence-corrected chi connectivity index (χ1v) is 9.85. The van der Waals surface area contributed by atoms with Crippen LogP contribution in [0, 0.1) is 11.3 Å². The average Bonchev–Trinajstić information content (AvgIpc) is 2.80. The van der Waals surface area contributed by atoms with Gasteiger partial charge in [0.25, 0.3) is 0 Å². The number of anilines is 3. The van der Waals surface area contributed by atoms with Gasteiger partial charge in [0.2, 0.25) is 0 Å². The summed E-state index contributed by atoms with van der Waals surface area (Å²) < 4.78 is 0. The van der Waals surface area contributed by atoms with Crippen LogP contribution in [0.2, 0.25) is 0 Å². The van der Waals surface area contributed by atoms with Crippen molar-refractivity contribution >= 4 is 17.1 Å². The van der Waals surface area contributed by atoms with Gasteiger partial charge in [-0.1, -0.05) is 67.6 Å². The highest BCUT2D eigenvalue weighted by Gasteiger charge is 2.28. The lowest BCUT2D eigenvalue weighted by atomic mass is 9.86. The molecule has 0 atom stereocenters. The van der Waals surface area contributed by atoms with Gasteiger partial charge < -0.3 is 4.90 Å². The molecule has 0 spiro atoms. The molecule has 0 aliphatic carbocycles. The molecule has 0 aromatic heterocycles. The molecule has 0 unspecified atom stereocenters. The molecular formula is C27H20N2. The normalized spacial score (nSPS) is 12.8. The maximum Gasteiger partial charge on any atom is 0.0991 e. The number of rotatable bonds is 2. The molecule has 2 nitrogen and oxygen atoms in total. The highest BCUT2D eigenvalue weighted by atomic mass is 15.2. The number of para-hydroxylation sites is 2. The molecule has 0 N–H and O–H groups in total. The van der Waals surface area contributed by atoms with E-state index in [1.54, 1.807) is 0 Å². The number of hydrogen-bond donors (Lipinski definition) is 0. The fourth-order valence-corrected chi connectivity index (χ4v) is 4.23. The molecule has 0 saturated carbocycles. The summed E-state index contributed by atoms with van der Waals surface area (Å²) in [5.74, 6) is 0.372. The molecule has 0 radical (unpaired) electrons. The Morgan fingerprint density at radius 2 is 1.14 bits per heavy atom. The summed E-state index contributed by atoms with van der Waals surface area (Å²) in [7, 11) is 0. The predicted molar refractivity (Wildman–Crippen MR) is 119 cm³/mol. The smallest absolute Gasteiger partial charge is 0.0991 e. The van der Waals surface area contributed by atoms with Crippen LogP contribution in [0.5, 0.6) is 0 Å². The third-order valence-corrected chi connectivity index (χ3v) is 5.76. The van der Waals surface area contributed by atoms with Gasteiger partial charge >= 0.3 is 0 Å². The van der Waals surface area contributed by atoms with Crippen molar-refractivity contribution in [3.05, 3.63) is 114 Å². The molecular weight excluding hydrogens is 352 g/mol.